The van der Waals surface area contributed by atoms with Crippen LogP contribution in [0.3, 0.4) is 0 Å². The van der Waals surface area contributed by atoms with Crippen molar-refractivity contribution in [3.05, 3.63) is 54.2 Å². The highest BCUT2D eigenvalue weighted by molar-refractivity contribution is 7.92. The number of benzene rings is 1. The molecule has 0 saturated heterocycles. The minimum atomic E-state index is -3.82. The molecule has 0 atom stereocenters. The van der Waals surface area contributed by atoms with Gasteiger partial charge in [0.05, 0.1) is 5.69 Å². The third-order valence-electron chi connectivity index (χ3n) is 3.16. The number of fused-ring (bicyclic) bond motifs is 1. The predicted octanol–water partition coefficient (Wildman–Crippen LogP) is 2.03. The van der Waals surface area contributed by atoms with E-state index in [1.807, 2.05) is 19.1 Å². The number of rotatable bonds is 3. The van der Waals surface area contributed by atoms with Crippen LogP contribution in [0.4, 0.5) is 11.5 Å². The summed E-state index contributed by atoms with van der Waals surface area (Å²) in [6.45, 7) is 1.83. The van der Waals surface area contributed by atoms with E-state index < -0.39 is 10.0 Å². The fourth-order valence-corrected chi connectivity index (χ4v) is 3.49. The molecule has 1 aromatic carbocycles. The van der Waals surface area contributed by atoms with Crippen molar-refractivity contribution in [1.29, 1.82) is 0 Å². The molecule has 0 radical (unpaired) electrons. The monoisotopic (exact) mass is 302 g/mol. The summed E-state index contributed by atoms with van der Waals surface area (Å²) >= 11 is 0. The summed E-state index contributed by atoms with van der Waals surface area (Å²) in [5.41, 5.74) is 7.61. The Balaban J connectivity index is 2.13. The highest BCUT2D eigenvalue weighted by Crippen LogP contribution is 2.24. The average molecular weight is 302 g/mol. The second-order valence-corrected chi connectivity index (χ2v) is 6.25. The molecule has 0 saturated carbocycles. The van der Waals surface area contributed by atoms with Crippen LogP contribution in [0, 0.1) is 6.92 Å². The molecule has 3 aromatic rings. The van der Waals surface area contributed by atoms with Crippen LogP contribution in [0.15, 0.2) is 53.7 Å². The molecule has 3 N–H and O–H groups in total. The van der Waals surface area contributed by atoms with Crippen LogP contribution in [-0.4, -0.2) is 17.8 Å². The standard InChI is InChI=1S/C14H14N4O2S/c1-10-6-2-3-7-11(10)17-21(19,20)14-13(15)16-12-8-4-5-9-18(12)14/h2-9,17H,15H2,1H3. The summed E-state index contributed by atoms with van der Waals surface area (Å²) in [5.74, 6) is -0.0257. The van der Waals surface area contributed by atoms with Crippen LogP contribution >= 0.6 is 0 Å². The zero-order valence-corrected chi connectivity index (χ0v) is 12.1. The van der Waals surface area contributed by atoms with Crippen molar-refractivity contribution >= 4 is 27.2 Å². The minimum absolute atomic E-state index is 0.0257. The molecule has 0 aliphatic rings. The highest BCUT2D eigenvalue weighted by atomic mass is 32.2. The molecule has 108 valence electrons. The first-order valence-electron chi connectivity index (χ1n) is 6.30. The summed E-state index contributed by atoms with van der Waals surface area (Å²) < 4.78 is 29.2. The SMILES string of the molecule is Cc1ccccc1NS(=O)(=O)c1c(N)nc2ccccn12. The van der Waals surface area contributed by atoms with Crippen molar-refractivity contribution in [2.45, 2.75) is 11.9 Å². The van der Waals surface area contributed by atoms with Crippen LogP contribution in [0.1, 0.15) is 5.56 Å². The molecule has 7 heteroatoms. The van der Waals surface area contributed by atoms with E-state index in [-0.39, 0.29) is 10.8 Å². The van der Waals surface area contributed by atoms with Gasteiger partial charge in [-0.05, 0) is 30.7 Å². The molecule has 0 aliphatic heterocycles. The summed E-state index contributed by atoms with van der Waals surface area (Å²) in [6.07, 6.45) is 1.62. The van der Waals surface area contributed by atoms with E-state index >= 15 is 0 Å². The number of nitrogens with one attached hydrogen (secondary N) is 1. The number of aryl methyl sites for hydroxylation is 1. The topological polar surface area (TPSA) is 89.5 Å². The molecule has 0 unspecified atom stereocenters. The maximum atomic E-state index is 12.6. The molecule has 0 bridgehead atoms. The molecule has 0 spiro atoms. The summed E-state index contributed by atoms with van der Waals surface area (Å²) in [7, 11) is -3.82. The number of imidazole rings is 1. The van der Waals surface area contributed by atoms with Crippen LogP contribution in [0.2, 0.25) is 0 Å². The van der Waals surface area contributed by atoms with Gasteiger partial charge < -0.3 is 5.73 Å². The molecule has 0 amide bonds. The molecule has 21 heavy (non-hydrogen) atoms. The third kappa shape index (κ3) is 2.31. The molecule has 6 nitrogen and oxygen atoms in total. The lowest BCUT2D eigenvalue weighted by molar-refractivity contribution is 0.597. The van der Waals surface area contributed by atoms with Gasteiger partial charge in [-0.2, -0.15) is 8.42 Å². The van der Waals surface area contributed by atoms with Gasteiger partial charge in [0.1, 0.15) is 5.65 Å². The first-order chi connectivity index (χ1) is 9.99. The van der Waals surface area contributed by atoms with Crippen LogP contribution in [0.5, 0.6) is 0 Å². The van der Waals surface area contributed by atoms with Crippen molar-refractivity contribution in [3.63, 3.8) is 0 Å². The summed E-state index contributed by atoms with van der Waals surface area (Å²) in [4.78, 5) is 4.07. The maximum absolute atomic E-state index is 12.6. The van der Waals surface area contributed by atoms with E-state index in [0.29, 0.717) is 11.3 Å². The van der Waals surface area contributed by atoms with Gasteiger partial charge in [0.2, 0.25) is 5.03 Å². The van der Waals surface area contributed by atoms with Gasteiger partial charge in [-0.3, -0.25) is 9.12 Å². The number of aromatic nitrogens is 2. The Labute approximate surface area is 122 Å². The first-order valence-corrected chi connectivity index (χ1v) is 7.78. The highest BCUT2D eigenvalue weighted by Gasteiger charge is 2.24. The second-order valence-electron chi connectivity index (χ2n) is 4.65. The normalized spacial score (nSPS) is 11.7. The quantitative estimate of drug-likeness (QED) is 0.774. The van der Waals surface area contributed by atoms with Gasteiger partial charge in [-0.15, -0.1) is 0 Å². The Kier molecular flexibility index (Phi) is 3.06. The maximum Gasteiger partial charge on any atom is 0.281 e. The Bertz CT molecular complexity index is 916. The van der Waals surface area contributed by atoms with E-state index in [9.17, 15) is 8.42 Å². The fraction of sp³-hybridized carbons (Fsp3) is 0.0714. The van der Waals surface area contributed by atoms with Crippen molar-refractivity contribution in [2.24, 2.45) is 0 Å². The number of hydrogen-bond donors (Lipinski definition) is 2. The predicted molar refractivity (Wildman–Crippen MR) is 81.6 cm³/mol. The van der Waals surface area contributed by atoms with Crippen molar-refractivity contribution in [2.75, 3.05) is 10.5 Å². The van der Waals surface area contributed by atoms with Gasteiger partial charge in [0.15, 0.2) is 5.82 Å². The molecule has 2 heterocycles. The molecular formula is C14H14N4O2S. The molecule has 3 rings (SSSR count). The summed E-state index contributed by atoms with van der Waals surface area (Å²) in [6, 6.07) is 12.3. The largest absolute Gasteiger partial charge is 0.381 e. The number of para-hydroxylation sites is 1. The Morgan fingerprint density at radius 1 is 1.14 bits per heavy atom. The van der Waals surface area contributed by atoms with E-state index in [4.69, 9.17) is 5.73 Å². The van der Waals surface area contributed by atoms with Gasteiger partial charge >= 0.3 is 0 Å². The molecule has 0 aliphatic carbocycles. The first kappa shape index (κ1) is 13.4. The molecular weight excluding hydrogens is 288 g/mol. The van der Waals surface area contributed by atoms with E-state index in [1.165, 1.54) is 4.40 Å². The number of pyridine rings is 1. The zero-order valence-electron chi connectivity index (χ0n) is 11.3. The number of nitrogens with two attached hydrogens (primary N) is 1. The van der Waals surface area contributed by atoms with Crippen molar-refractivity contribution in [1.82, 2.24) is 9.38 Å². The van der Waals surface area contributed by atoms with Gasteiger partial charge in [-0.1, -0.05) is 24.3 Å². The lowest BCUT2D eigenvalue weighted by Crippen LogP contribution is -2.17. The fourth-order valence-electron chi connectivity index (χ4n) is 2.14. The van der Waals surface area contributed by atoms with E-state index in [0.717, 1.165) is 5.56 Å². The van der Waals surface area contributed by atoms with Crippen molar-refractivity contribution < 1.29 is 8.42 Å². The number of anilines is 2. The van der Waals surface area contributed by atoms with Crippen LogP contribution < -0.4 is 10.5 Å². The van der Waals surface area contributed by atoms with Gasteiger partial charge in [-0.25, -0.2) is 4.98 Å². The van der Waals surface area contributed by atoms with Crippen LogP contribution in [0.25, 0.3) is 5.65 Å². The molecule has 0 fully saturated rings. The number of nitrogen functional groups attached to an aromatic ring is 1. The minimum Gasteiger partial charge on any atom is -0.381 e. The van der Waals surface area contributed by atoms with Crippen LogP contribution in [-0.2, 0) is 10.0 Å². The lowest BCUT2D eigenvalue weighted by Gasteiger charge is -2.10. The van der Waals surface area contributed by atoms with E-state index in [2.05, 4.69) is 9.71 Å². The Morgan fingerprint density at radius 3 is 2.62 bits per heavy atom. The van der Waals surface area contributed by atoms with Crippen molar-refractivity contribution in [3.8, 4) is 0 Å². The van der Waals surface area contributed by atoms with Gasteiger partial charge in [0.25, 0.3) is 10.0 Å². The lowest BCUT2D eigenvalue weighted by atomic mass is 10.2. The van der Waals surface area contributed by atoms with E-state index in [1.54, 1.807) is 36.5 Å². The van der Waals surface area contributed by atoms with Gasteiger partial charge in [0, 0.05) is 6.20 Å². The number of hydrogen-bond acceptors (Lipinski definition) is 4. The number of sulfonamides is 1. The second kappa shape index (κ2) is 4.78. The smallest absolute Gasteiger partial charge is 0.281 e. The third-order valence-corrected chi connectivity index (χ3v) is 4.56. The summed E-state index contributed by atoms with van der Waals surface area (Å²) in [5, 5.41) is -0.0543. The molecule has 2 aromatic heterocycles. The average Bonchev–Trinajstić information content (AvgIpc) is 2.77. The Hall–Kier alpha value is -2.54. The Morgan fingerprint density at radius 2 is 1.86 bits per heavy atom. The number of nitrogens with zero attached hydrogens (tertiary/aromatic N) is 2. The zero-order chi connectivity index (χ0) is 15.0.